The van der Waals surface area contributed by atoms with Crippen molar-refractivity contribution in [2.24, 2.45) is 5.10 Å². The first kappa shape index (κ1) is 20.2. The van der Waals surface area contributed by atoms with Gasteiger partial charge < -0.3 is 9.30 Å². The van der Waals surface area contributed by atoms with Gasteiger partial charge >= 0.3 is 0 Å². The van der Waals surface area contributed by atoms with Crippen molar-refractivity contribution in [2.45, 2.75) is 13.8 Å². The molecule has 5 nitrogen and oxygen atoms in total. The fourth-order valence-electron chi connectivity index (χ4n) is 3.44. The normalized spacial score (nSPS) is 10.9. The zero-order valence-corrected chi connectivity index (χ0v) is 17.4. The van der Waals surface area contributed by atoms with Gasteiger partial charge in [0.15, 0.2) is 0 Å². The fourth-order valence-corrected chi connectivity index (χ4v) is 3.44. The Kier molecular flexibility index (Phi) is 5.94. The standard InChI is InChI=1S/C26H23N3O2/c1-19-17-25(20(2)29(19)22-9-5-3-6-10-22)26(30)28-27-18-21-13-15-24(16-14-21)31-23-11-7-4-8-12-23/h3-18H,1-2H3,(H,28,30)/b27-18+. The molecule has 1 aromatic heterocycles. The van der Waals surface area contributed by atoms with Crippen LogP contribution >= 0.6 is 0 Å². The predicted molar refractivity (Wildman–Crippen MR) is 123 cm³/mol. The van der Waals surface area contributed by atoms with Crippen molar-refractivity contribution in [3.8, 4) is 17.2 Å². The lowest BCUT2D eigenvalue weighted by molar-refractivity contribution is 0.0954. The summed E-state index contributed by atoms with van der Waals surface area (Å²) in [5.74, 6) is 1.28. The summed E-state index contributed by atoms with van der Waals surface area (Å²) in [6.07, 6.45) is 1.61. The van der Waals surface area contributed by atoms with Crippen LogP contribution in [0.15, 0.2) is 96.1 Å². The third kappa shape index (κ3) is 4.73. The molecule has 4 rings (SSSR count). The van der Waals surface area contributed by atoms with Crippen LogP contribution in [0.25, 0.3) is 5.69 Å². The molecular formula is C26H23N3O2. The van der Waals surface area contributed by atoms with Crippen molar-refractivity contribution < 1.29 is 9.53 Å². The van der Waals surface area contributed by atoms with Gasteiger partial charge in [0.2, 0.25) is 0 Å². The molecule has 0 atom stereocenters. The molecular weight excluding hydrogens is 386 g/mol. The van der Waals surface area contributed by atoms with Crippen LogP contribution in [0.3, 0.4) is 0 Å². The Morgan fingerprint density at radius 3 is 2.16 bits per heavy atom. The van der Waals surface area contributed by atoms with Crippen molar-refractivity contribution >= 4 is 12.1 Å². The topological polar surface area (TPSA) is 55.6 Å². The summed E-state index contributed by atoms with van der Waals surface area (Å²) in [6.45, 7) is 3.92. The second kappa shape index (κ2) is 9.13. The van der Waals surface area contributed by atoms with E-state index in [0.717, 1.165) is 34.1 Å². The first-order chi connectivity index (χ1) is 15.1. The zero-order chi connectivity index (χ0) is 21.6. The van der Waals surface area contributed by atoms with Crippen molar-refractivity contribution in [1.82, 2.24) is 9.99 Å². The first-order valence-corrected chi connectivity index (χ1v) is 10.0. The molecule has 1 N–H and O–H groups in total. The molecule has 31 heavy (non-hydrogen) atoms. The number of nitrogens with one attached hydrogen (secondary N) is 1. The van der Waals surface area contributed by atoms with E-state index in [-0.39, 0.29) is 5.91 Å². The van der Waals surface area contributed by atoms with E-state index in [0.29, 0.717) is 5.56 Å². The Morgan fingerprint density at radius 2 is 1.48 bits per heavy atom. The Hall–Kier alpha value is -4.12. The number of nitrogens with zero attached hydrogens (tertiary/aromatic N) is 2. The van der Waals surface area contributed by atoms with Crippen LogP contribution in [0.1, 0.15) is 27.3 Å². The van der Waals surface area contributed by atoms with E-state index in [1.165, 1.54) is 0 Å². The fraction of sp³-hybridized carbons (Fsp3) is 0.0769. The number of hydrogen-bond donors (Lipinski definition) is 1. The number of rotatable bonds is 6. The van der Waals surface area contributed by atoms with E-state index in [4.69, 9.17) is 4.74 Å². The molecule has 0 bridgehead atoms. The van der Waals surface area contributed by atoms with Gasteiger partial charge in [-0.3, -0.25) is 4.79 Å². The molecule has 1 amide bonds. The molecule has 0 aliphatic carbocycles. The van der Waals surface area contributed by atoms with Gasteiger partial charge in [0, 0.05) is 17.1 Å². The highest BCUT2D eigenvalue weighted by Gasteiger charge is 2.16. The number of hydrazone groups is 1. The average molecular weight is 409 g/mol. The second-order valence-electron chi connectivity index (χ2n) is 7.14. The summed E-state index contributed by atoms with van der Waals surface area (Å²) < 4.78 is 7.84. The highest BCUT2D eigenvalue weighted by Crippen LogP contribution is 2.22. The van der Waals surface area contributed by atoms with Gasteiger partial charge in [-0.05, 0) is 74.0 Å². The average Bonchev–Trinajstić information content (AvgIpc) is 3.10. The van der Waals surface area contributed by atoms with Crippen LogP contribution in [0.5, 0.6) is 11.5 Å². The van der Waals surface area contributed by atoms with E-state index in [1.807, 2.05) is 105 Å². The van der Waals surface area contributed by atoms with Crippen LogP contribution in [0, 0.1) is 13.8 Å². The van der Waals surface area contributed by atoms with Crippen LogP contribution in [-0.2, 0) is 0 Å². The monoisotopic (exact) mass is 409 g/mol. The maximum Gasteiger partial charge on any atom is 0.273 e. The van der Waals surface area contributed by atoms with Crippen molar-refractivity contribution in [3.63, 3.8) is 0 Å². The third-order valence-corrected chi connectivity index (χ3v) is 4.93. The first-order valence-electron chi connectivity index (χ1n) is 10.0. The largest absolute Gasteiger partial charge is 0.457 e. The minimum Gasteiger partial charge on any atom is -0.457 e. The molecule has 0 spiro atoms. The van der Waals surface area contributed by atoms with Crippen LogP contribution < -0.4 is 10.2 Å². The highest BCUT2D eigenvalue weighted by atomic mass is 16.5. The number of aromatic nitrogens is 1. The maximum atomic E-state index is 12.7. The number of carbonyl (C=O) groups is 1. The quantitative estimate of drug-likeness (QED) is 0.330. The van der Waals surface area contributed by atoms with E-state index >= 15 is 0 Å². The number of hydrogen-bond acceptors (Lipinski definition) is 3. The van der Waals surface area contributed by atoms with Crippen LogP contribution in [-0.4, -0.2) is 16.7 Å². The Bertz CT molecular complexity index is 1190. The zero-order valence-electron chi connectivity index (χ0n) is 17.4. The van der Waals surface area contributed by atoms with Crippen LogP contribution in [0.4, 0.5) is 0 Å². The third-order valence-electron chi connectivity index (χ3n) is 4.93. The molecule has 4 aromatic rings. The molecule has 0 unspecified atom stereocenters. The van der Waals surface area contributed by atoms with Crippen molar-refractivity contribution in [1.29, 1.82) is 0 Å². The number of aryl methyl sites for hydroxylation is 1. The van der Waals surface area contributed by atoms with Gasteiger partial charge in [0.1, 0.15) is 11.5 Å². The number of benzene rings is 3. The Labute approximate surface area is 181 Å². The number of para-hydroxylation sites is 2. The summed E-state index contributed by atoms with van der Waals surface area (Å²) in [5, 5.41) is 4.11. The Morgan fingerprint density at radius 1 is 0.871 bits per heavy atom. The minimum atomic E-state index is -0.240. The van der Waals surface area contributed by atoms with E-state index in [2.05, 4.69) is 15.1 Å². The molecule has 0 saturated carbocycles. The lowest BCUT2D eigenvalue weighted by Crippen LogP contribution is -2.18. The van der Waals surface area contributed by atoms with Gasteiger partial charge in [0.05, 0.1) is 11.8 Å². The summed E-state index contributed by atoms with van der Waals surface area (Å²) in [4.78, 5) is 12.7. The number of amides is 1. The minimum absolute atomic E-state index is 0.240. The van der Waals surface area contributed by atoms with E-state index in [9.17, 15) is 4.79 Å². The number of carbonyl (C=O) groups excluding carboxylic acids is 1. The molecule has 0 radical (unpaired) electrons. The molecule has 5 heteroatoms. The van der Waals surface area contributed by atoms with Gasteiger partial charge in [-0.1, -0.05) is 36.4 Å². The lowest BCUT2D eigenvalue weighted by Gasteiger charge is -2.09. The molecule has 3 aromatic carbocycles. The smallest absolute Gasteiger partial charge is 0.273 e. The molecule has 0 saturated heterocycles. The molecule has 0 aliphatic rings. The molecule has 0 fully saturated rings. The maximum absolute atomic E-state index is 12.7. The van der Waals surface area contributed by atoms with Crippen molar-refractivity contribution in [3.05, 3.63) is 114 Å². The predicted octanol–water partition coefficient (Wildman–Crippen LogP) is 5.65. The number of ether oxygens (including phenoxy) is 1. The lowest BCUT2D eigenvalue weighted by atomic mass is 10.2. The van der Waals surface area contributed by atoms with Crippen molar-refractivity contribution in [2.75, 3.05) is 0 Å². The second-order valence-corrected chi connectivity index (χ2v) is 7.14. The van der Waals surface area contributed by atoms with Gasteiger partial charge in [-0.2, -0.15) is 5.10 Å². The highest BCUT2D eigenvalue weighted by molar-refractivity contribution is 5.96. The summed E-state index contributed by atoms with van der Waals surface area (Å²) in [6, 6.07) is 29.0. The Balaban J connectivity index is 1.41. The van der Waals surface area contributed by atoms with E-state index in [1.54, 1.807) is 6.21 Å². The SMILES string of the molecule is Cc1cc(C(=O)N/N=C/c2ccc(Oc3ccccc3)cc2)c(C)n1-c1ccccc1. The molecule has 154 valence electrons. The van der Waals surface area contributed by atoms with Crippen LogP contribution in [0.2, 0.25) is 0 Å². The molecule has 0 aliphatic heterocycles. The van der Waals surface area contributed by atoms with Gasteiger partial charge in [0.25, 0.3) is 5.91 Å². The summed E-state index contributed by atoms with van der Waals surface area (Å²) >= 11 is 0. The van der Waals surface area contributed by atoms with E-state index < -0.39 is 0 Å². The molecule has 1 heterocycles. The van der Waals surface area contributed by atoms with Gasteiger partial charge in [-0.15, -0.1) is 0 Å². The summed E-state index contributed by atoms with van der Waals surface area (Å²) in [7, 11) is 0. The summed E-state index contributed by atoms with van der Waals surface area (Å²) in [5.41, 5.74) is 6.97. The van der Waals surface area contributed by atoms with Gasteiger partial charge in [-0.25, -0.2) is 5.43 Å².